The van der Waals surface area contributed by atoms with Crippen LogP contribution in [0.25, 0.3) is 0 Å². The molecule has 0 bridgehead atoms. The van der Waals surface area contributed by atoms with Crippen LogP contribution in [0.3, 0.4) is 0 Å². The Bertz CT molecular complexity index is 487. The maximum absolute atomic E-state index is 4.74. The molecule has 1 saturated heterocycles. The molecule has 0 unspecified atom stereocenters. The molecule has 3 rings (SSSR count). The SMILES string of the molecule is Cc1csc(C2(NCCCN3CCN(C(C)C)CC3)CCC2)n1. The number of hydrogen-bond donors (Lipinski definition) is 1. The molecule has 23 heavy (non-hydrogen) atoms. The average Bonchev–Trinajstić information content (AvgIpc) is 2.93. The maximum atomic E-state index is 4.74. The van der Waals surface area contributed by atoms with Gasteiger partial charge in [-0.05, 0) is 59.5 Å². The summed E-state index contributed by atoms with van der Waals surface area (Å²) in [5.74, 6) is 0. The van der Waals surface area contributed by atoms with Crippen molar-refractivity contribution in [3.63, 3.8) is 0 Å². The summed E-state index contributed by atoms with van der Waals surface area (Å²) >= 11 is 1.83. The summed E-state index contributed by atoms with van der Waals surface area (Å²) in [7, 11) is 0. The highest BCUT2D eigenvalue weighted by molar-refractivity contribution is 7.09. The molecule has 5 heteroatoms. The molecule has 1 aromatic heterocycles. The quantitative estimate of drug-likeness (QED) is 0.776. The zero-order valence-corrected chi connectivity index (χ0v) is 15.8. The van der Waals surface area contributed by atoms with Crippen molar-refractivity contribution in [2.45, 2.75) is 58.0 Å². The number of nitrogens with zero attached hydrogens (tertiary/aromatic N) is 3. The summed E-state index contributed by atoms with van der Waals surface area (Å²) in [5, 5.41) is 7.34. The van der Waals surface area contributed by atoms with Gasteiger partial charge in [0.2, 0.25) is 0 Å². The molecule has 4 nitrogen and oxygen atoms in total. The van der Waals surface area contributed by atoms with Gasteiger partial charge in [-0.3, -0.25) is 4.90 Å². The van der Waals surface area contributed by atoms with Crippen molar-refractivity contribution in [1.82, 2.24) is 20.1 Å². The Morgan fingerprint density at radius 1 is 1.26 bits per heavy atom. The summed E-state index contributed by atoms with van der Waals surface area (Å²) < 4.78 is 0. The molecule has 0 radical (unpaired) electrons. The normalized spacial score (nSPS) is 22.4. The van der Waals surface area contributed by atoms with Crippen LogP contribution in [-0.2, 0) is 5.54 Å². The third-order valence-electron chi connectivity index (χ3n) is 5.49. The van der Waals surface area contributed by atoms with Crippen LogP contribution >= 0.6 is 11.3 Å². The van der Waals surface area contributed by atoms with E-state index in [0.29, 0.717) is 6.04 Å². The van der Waals surface area contributed by atoms with E-state index in [9.17, 15) is 0 Å². The van der Waals surface area contributed by atoms with Crippen molar-refractivity contribution in [2.24, 2.45) is 0 Å². The molecule has 1 aliphatic heterocycles. The topological polar surface area (TPSA) is 31.4 Å². The largest absolute Gasteiger partial charge is 0.305 e. The summed E-state index contributed by atoms with van der Waals surface area (Å²) in [6.07, 6.45) is 5.09. The number of piperazine rings is 1. The van der Waals surface area contributed by atoms with E-state index in [1.807, 2.05) is 11.3 Å². The molecule has 1 aliphatic carbocycles. The van der Waals surface area contributed by atoms with Crippen molar-refractivity contribution >= 4 is 11.3 Å². The molecule has 1 N–H and O–H groups in total. The van der Waals surface area contributed by atoms with E-state index in [4.69, 9.17) is 4.98 Å². The van der Waals surface area contributed by atoms with Gasteiger partial charge in [0.15, 0.2) is 0 Å². The molecule has 1 aromatic rings. The van der Waals surface area contributed by atoms with Gasteiger partial charge < -0.3 is 10.2 Å². The van der Waals surface area contributed by atoms with Gasteiger partial charge in [-0.25, -0.2) is 4.98 Å². The Labute approximate surface area is 145 Å². The predicted molar refractivity (Wildman–Crippen MR) is 98.1 cm³/mol. The molecule has 0 aromatic carbocycles. The minimum Gasteiger partial charge on any atom is -0.305 e. The van der Waals surface area contributed by atoms with Crippen LogP contribution in [0.4, 0.5) is 0 Å². The van der Waals surface area contributed by atoms with Gasteiger partial charge in [-0.1, -0.05) is 0 Å². The first-order valence-electron chi connectivity index (χ1n) is 9.23. The summed E-state index contributed by atoms with van der Waals surface area (Å²) in [5.41, 5.74) is 1.37. The molecule has 1 saturated carbocycles. The fourth-order valence-electron chi connectivity index (χ4n) is 3.70. The van der Waals surface area contributed by atoms with Crippen LogP contribution in [0, 0.1) is 6.92 Å². The fourth-order valence-corrected chi connectivity index (χ4v) is 4.74. The van der Waals surface area contributed by atoms with Crippen LogP contribution in [0.15, 0.2) is 5.38 Å². The van der Waals surface area contributed by atoms with Crippen molar-refractivity contribution < 1.29 is 0 Å². The maximum Gasteiger partial charge on any atom is 0.113 e. The lowest BCUT2D eigenvalue weighted by atomic mass is 9.77. The van der Waals surface area contributed by atoms with Crippen molar-refractivity contribution in [1.29, 1.82) is 0 Å². The van der Waals surface area contributed by atoms with Gasteiger partial charge in [-0.2, -0.15) is 0 Å². The number of nitrogens with one attached hydrogen (secondary N) is 1. The first-order valence-corrected chi connectivity index (χ1v) is 10.1. The van der Waals surface area contributed by atoms with Crippen molar-refractivity contribution in [3.05, 3.63) is 16.1 Å². The van der Waals surface area contributed by atoms with Gasteiger partial charge in [0.05, 0.1) is 5.54 Å². The number of aryl methyl sites for hydroxylation is 1. The number of hydrogen-bond acceptors (Lipinski definition) is 5. The highest BCUT2D eigenvalue weighted by atomic mass is 32.1. The van der Waals surface area contributed by atoms with Gasteiger partial charge in [0.1, 0.15) is 5.01 Å². The second-order valence-electron chi connectivity index (χ2n) is 7.48. The second-order valence-corrected chi connectivity index (χ2v) is 8.34. The van der Waals surface area contributed by atoms with Crippen molar-refractivity contribution in [2.75, 3.05) is 39.3 Å². The van der Waals surface area contributed by atoms with Gasteiger partial charge in [-0.15, -0.1) is 11.3 Å². The van der Waals surface area contributed by atoms with Crippen molar-refractivity contribution in [3.8, 4) is 0 Å². The molecule has 0 amide bonds. The second kappa shape index (κ2) is 7.60. The van der Waals surface area contributed by atoms with E-state index < -0.39 is 0 Å². The van der Waals surface area contributed by atoms with E-state index in [1.165, 1.54) is 69.1 Å². The Hall–Kier alpha value is -0.490. The van der Waals surface area contributed by atoms with Gasteiger partial charge in [0.25, 0.3) is 0 Å². The third-order valence-corrected chi connectivity index (χ3v) is 6.65. The van der Waals surface area contributed by atoms with Crippen LogP contribution in [0.1, 0.15) is 50.2 Å². The standard InChI is InChI=1S/C18H32N4S/c1-15(2)22-12-10-21(11-13-22)9-5-8-19-18(6-4-7-18)17-20-16(3)14-23-17/h14-15,19H,4-13H2,1-3H3. The molecule has 130 valence electrons. The first-order chi connectivity index (χ1) is 11.1. The van der Waals surface area contributed by atoms with Crippen LogP contribution in [0.2, 0.25) is 0 Å². The smallest absolute Gasteiger partial charge is 0.113 e. The Morgan fingerprint density at radius 3 is 2.52 bits per heavy atom. The van der Waals surface area contributed by atoms with Crippen LogP contribution in [0.5, 0.6) is 0 Å². The Balaban J connectivity index is 1.38. The zero-order chi connectivity index (χ0) is 16.3. The van der Waals surface area contributed by atoms with E-state index in [1.54, 1.807) is 0 Å². The number of rotatable bonds is 7. The molecular formula is C18H32N4S. The predicted octanol–water partition coefficient (Wildman–Crippen LogP) is 2.84. The van der Waals surface area contributed by atoms with E-state index in [0.717, 1.165) is 6.54 Å². The highest BCUT2D eigenvalue weighted by Crippen LogP contribution is 2.42. The fraction of sp³-hybridized carbons (Fsp3) is 0.833. The Morgan fingerprint density at radius 2 is 2.00 bits per heavy atom. The number of aromatic nitrogens is 1. The summed E-state index contributed by atoms with van der Waals surface area (Å²) in [6, 6.07) is 0.694. The van der Waals surface area contributed by atoms with Gasteiger partial charge in [0, 0.05) is 43.3 Å². The lowest BCUT2D eigenvalue weighted by Gasteiger charge is -2.41. The molecule has 0 atom stereocenters. The molecule has 2 fully saturated rings. The minimum absolute atomic E-state index is 0.204. The minimum atomic E-state index is 0.204. The summed E-state index contributed by atoms with van der Waals surface area (Å²) in [4.78, 5) is 9.95. The molecule has 2 aliphatic rings. The average molecular weight is 337 g/mol. The van der Waals surface area contributed by atoms with Gasteiger partial charge >= 0.3 is 0 Å². The lowest BCUT2D eigenvalue weighted by Crippen LogP contribution is -2.50. The monoisotopic (exact) mass is 336 g/mol. The van der Waals surface area contributed by atoms with E-state index in [2.05, 4.69) is 41.3 Å². The molecule has 0 spiro atoms. The van der Waals surface area contributed by atoms with E-state index >= 15 is 0 Å². The summed E-state index contributed by atoms with van der Waals surface area (Å²) in [6.45, 7) is 14.0. The zero-order valence-electron chi connectivity index (χ0n) is 15.0. The molecular weight excluding hydrogens is 304 g/mol. The van der Waals surface area contributed by atoms with E-state index in [-0.39, 0.29) is 5.54 Å². The molecule has 2 heterocycles. The Kier molecular flexibility index (Phi) is 5.73. The highest BCUT2D eigenvalue weighted by Gasteiger charge is 2.40. The first kappa shape index (κ1) is 17.3. The third kappa shape index (κ3) is 4.13. The lowest BCUT2D eigenvalue weighted by molar-refractivity contribution is 0.105. The van der Waals surface area contributed by atoms with Crippen LogP contribution in [-0.4, -0.2) is 60.1 Å². The number of thiazole rings is 1. The van der Waals surface area contributed by atoms with Crippen LogP contribution < -0.4 is 5.32 Å².